The lowest BCUT2D eigenvalue weighted by molar-refractivity contribution is -0.139. The van der Waals surface area contributed by atoms with Gasteiger partial charge in [0.15, 0.2) is 0 Å². The van der Waals surface area contributed by atoms with E-state index in [0.29, 0.717) is 27.8 Å². The number of anilines is 1. The van der Waals surface area contributed by atoms with Gasteiger partial charge in [-0.3, -0.25) is 13.9 Å². The van der Waals surface area contributed by atoms with Crippen LogP contribution in [0.15, 0.2) is 77.7 Å². The number of carbonyl (C=O) groups excluding carboxylic acids is 2. The van der Waals surface area contributed by atoms with Crippen molar-refractivity contribution >= 4 is 50.7 Å². The van der Waals surface area contributed by atoms with Gasteiger partial charge in [-0.1, -0.05) is 53.5 Å². The molecule has 0 aliphatic rings. The number of hydrogen-bond acceptors (Lipinski definition) is 4. The number of likely N-dealkylation sites (N-methyl/N-ethyl adjacent to an activating group) is 1. The Hall–Kier alpha value is -3.07. The molecule has 2 amide bonds. The van der Waals surface area contributed by atoms with E-state index in [-0.39, 0.29) is 17.3 Å². The number of hydrogen-bond donors (Lipinski definition) is 1. The second-order valence-electron chi connectivity index (χ2n) is 8.49. The molecule has 0 spiro atoms. The monoisotopic (exact) mass is 561 g/mol. The summed E-state index contributed by atoms with van der Waals surface area (Å²) < 4.78 is 28.5. The maximum atomic E-state index is 13.8. The fourth-order valence-electron chi connectivity index (χ4n) is 3.76. The first-order chi connectivity index (χ1) is 17.5. The smallest absolute Gasteiger partial charge is 0.264 e. The van der Waals surface area contributed by atoms with Gasteiger partial charge in [-0.2, -0.15) is 0 Å². The van der Waals surface area contributed by atoms with Crippen LogP contribution in [0.3, 0.4) is 0 Å². The molecule has 7 nitrogen and oxygen atoms in total. The second kappa shape index (κ2) is 12.4. The predicted octanol–water partition coefficient (Wildman–Crippen LogP) is 5.05. The first-order valence-electron chi connectivity index (χ1n) is 11.7. The highest BCUT2D eigenvalue weighted by Gasteiger charge is 2.32. The van der Waals surface area contributed by atoms with Crippen LogP contribution in [0.2, 0.25) is 10.0 Å². The molecular formula is C27H29Cl2N3O4S. The summed E-state index contributed by atoms with van der Waals surface area (Å²) in [7, 11) is -4.15. The number of nitrogens with zero attached hydrogens (tertiary/aromatic N) is 2. The Bertz CT molecular complexity index is 1360. The molecule has 0 heterocycles. The van der Waals surface area contributed by atoms with E-state index in [1.54, 1.807) is 56.3 Å². The lowest BCUT2D eigenvalue weighted by Crippen LogP contribution is -2.51. The molecule has 1 unspecified atom stereocenters. The van der Waals surface area contributed by atoms with Crippen molar-refractivity contribution in [1.82, 2.24) is 10.2 Å². The summed E-state index contributed by atoms with van der Waals surface area (Å²) in [5.41, 5.74) is 1.79. The predicted molar refractivity (Wildman–Crippen MR) is 147 cm³/mol. The fraction of sp³-hybridized carbons (Fsp3) is 0.259. The topological polar surface area (TPSA) is 86.8 Å². The van der Waals surface area contributed by atoms with E-state index in [1.165, 1.54) is 29.2 Å². The quantitative estimate of drug-likeness (QED) is 0.375. The van der Waals surface area contributed by atoms with Crippen molar-refractivity contribution in [1.29, 1.82) is 0 Å². The van der Waals surface area contributed by atoms with Crippen LogP contribution in [0.25, 0.3) is 0 Å². The lowest BCUT2D eigenvalue weighted by atomic mass is 10.1. The van der Waals surface area contributed by atoms with E-state index in [0.717, 1.165) is 9.87 Å². The number of rotatable bonds is 10. The van der Waals surface area contributed by atoms with Crippen molar-refractivity contribution in [3.05, 3.63) is 94.0 Å². The van der Waals surface area contributed by atoms with Crippen LogP contribution in [0, 0.1) is 6.92 Å². The van der Waals surface area contributed by atoms with Gasteiger partial charge < -0.3 is 10.2 Å². The normalized spacial score (nSPS) is 12.0. The van der Waals surface area contributed by atoms with Crippen molar-refractivity contribution < 1.29 is 18.0 Å². The van der Waals surface area contributed by atoms with Gasteiger partial charge in [0.2, 0.25) is 11.8 Å². The van der Waals surface area contributed by atoms with Gasteiger partial charge in [0.05, 0.1) is 10.6 Å². The molecule has 0 aliphatic carbocycles. The minimum atomic E-state index is -4.15. The Morgan fingerprint density at radius 1 is 0.973 bits per heavy atom. The molecule has 3 rings (SSSR count). The Morgan fingerprint density at radius 2 is 1.65 bits per heavy atom. The highest BCUT2D eigenvalue weighted by molar-refractivity contribution is 7.92. The third-order valence-electron chi connectivity index (χ3n) is 5.79. The van der Waals surface area contributed by atoms with Gasteiger partial charge in [0, 0.05) is 23.1 Å². The molecule has 0 radical (unpaired) electrons. The Balaban J connectivity index is 2.04. The number of aryl methyl sites for hydroxylation is 1. The minimum Gasteiger partial charge on any atom is -0.355 e. The molecular weight excluding hydrogens is 533 g/mol. The molecule has 10 heteroatoms. The maximum Gasteiger partial charge on any atom is 0.264 e. The van der Waals surface area contributed by atoms with Gasteiger partial charge in [-0.15, -0.1) is 0 Å². The van der Waals surface area contributed by atoms with Gasteiger partial charge in [-0.05, 0) is 74.4 Å². The van der Waals surface area contributed by atoms with Crippen LogP contribution < -0.4 is 9.62 Å². The van der Waals surface area contributed by atoms with E-state index in [9.17, 15) is 18.0 Å². The number of halogens is 2. The average Bonchev–Trinajstić information content (AvgIpc) is 2.86. The molecule has 0 bridgehead atoms. The maximum absolute atomic E-state index is 13.8. The lowest BCUT2D eigenvalue weighted by Gasteiger charge is -2.32. The SMILES string of the molecule is CCNC(=O)C(C)N(Cc1ccccc1Cl)C(=O)CN(c1cccc(C)c1)S(=O)(=O)c1ccc(Cl)cc1. The van der Waals surface area contributed by atoms with Gasteiger partial charge in [0.1, 0.15) is 12.6 Å². The van der Waals surface area contributed by atoms with E-state index in [2.05, 4.69) is 5.32 Å². The summed E-state index contributed by atoms with van der Waals surface area (Å²) in [6.45, 7) is 5.10. The summed E-state index contributed by atoms with van der Waals surface area (Å²) in [5, 5.41) is 3.55. The number of carbonyl (C=O) groups is 2. The van der Waals surface area contributed by atoms with Crippen molar-refractivity contribution in [2.75, 3.05) is 17.4 Å². The van der Waals surface area contributed by atoms with Gasteiger partial charge >= 0.3 is 0 Å². The van der Waals surface area contributed by atoms with Crippen LogP contribution in [0.4, 0.5) is 5.69 Å². The van der Waals surface area contributed by atoms with Crippen molar-refractivity contribution in [2.45, 2.75) is 38.3 Å². The fourth-order valence-corrected chi connectivity index (χ4v) is 5.49. The molecule has 1 atom stereocenters. The van der Waals surface area contributed by atoms with E-state index >= 15 is 0 Å². The molecule has 0 fully saturated rings. The molecule has 0 aromatic heterocycles. The third kappa shape index (κ3) is 7.03. The zero-order valence-electron chi connectivity index (χ0n) is 20.8. The largest absolute Gasteiger partial charge is 0.355 e. The highest BCUT2D eigenvalue weighted by Crippen LogP contribution is 2.26. The van der Waals surface area contributed by atoms with Crippen LogP contribution >= 0.6 is 23.2 Å². The molecule has 0 saturated carbocycles. The zero-order chi connectivity index (χ0) is 27.2. The Kier molecular flexibility index (Phi) is 9.59. The number of nitrogens with one attached hydrogen (secondary N) is 1. The van der Waals surface area contributed by atoms with Crippen molar-refractivity contribution in [2.24, 2.45) is 0 Å². The molecule has 1 N–H and O–H groups in total. The second-order valence-corrected chi connectivity index (χ2v) is 11.2. The zero-order valence-corrected chi connectivity index (χ0v) is 23.1. The number of benzene rings is 3. The van der Waals surface area contributed by atoms with Crippen LogP contribution in [-0.4, -0.2) is 44.3 Å². The standard InChI is InChI=1S/C27H29Cl2N3O4S/c1-4-30-27(34)20(3)31(17-21-9-5-6-11-25(21)29)26(33)18-32(23-10-7-8-19(2)16-23)37(35,36)24-14-12-22(28)13-15-24/h5-16,20H,4,17-18H2,1-3H3,(H,30,34). The summed E-state index contributed by atoms with van der Waals surface area (Å²) in [6.07, 6.45) is 0. The molecule has 3 aromatic carbocycles. The van der Waals surface area contributed by atoms with Crippen molar-refractivity contribution in [3.63, 3.8) is 0 Å². The molecule has 196 valence electrons. The average molecular weight is 563 g/mol. The Morgan fingerprint density at radius 3 is 2.27 bits per heavy atom. The van der Waals surface area contributed by atoms with Crippen LogP contribution in [0.1, 0.15) is 25.0 Å². The number of amides is 2. The summed E-state index contributed by atoms with van der Waals surface area (Å²) in [5.74, 6) is -0.914. The minimum absolute atomic E-state index is 0.0133. The first-order valence-corrected chi connectivity index (χ1v) is 13.9. The Labute approximate surface area is 228 Å². The summed E-state index contributed by atoms with van der Waals surface area (Å²) in [4.78, 5) is 27.8. The van der Waals surface area contributed by atoms with E-state index < -0.39 is 28.5 Å². The van der Waals surface area contributed by atoms with E-state index in [1.807, 2.05) is 13.0 Å². The van der Waals surface area contributed by atoms with Gasteiger partial charge in [0.25, 0.3) is 10.0 Å². The van der Waals surface area contributed by atoms with Crippen LogP contribution in [-0.2, 0) is 26.2 Å². The third-order valence-corrected chi connectivity index (χ3v) is 8.20. The van der Waals surface area contributed by atoms with Gasteiger partial charge in [-0.25, -0.2) is 8.42 Å². The molecule has 3 aromatic rings. The number of sulfonamides is 1. The summed E-state index contributed by atoms with van der Waals surface area (Å²) >= 11 is 12.3. The molecule has 37 heavy (non-hydrogen) atoms. The molecule has 0 aliphatic heterocycles. The first kappa shape index (κ1) is 28.5. The van der Waals surface area contributed by atoms with Crippen molar-refractivity contribution in [3.8, 4) is 0 Å². The molecule has 0 saturated heterocycles. The van der Waals surface area contributed by atoms with Crippen LogP contribution in [0.5, 0.6) is 0 Å². The summed E-state index contributed by atoms with van der Waals surface area (Å²) in [6, 6.07) is 18.7. The highest BCUT2D eigenvalue weighted by atomic mass is 35.5. The van der Waals surface area contributed by atoms with E-state index in [4.69, 9.17) is 23.2 Å².